The second-order valence-electron chi connectivity index (χ2n) is 6.17. The monoisotopic (exact) mass is 383 g/mol. The quantitative estimate of drug-likeness (QED) is 0.332. The van der Waals surface area contributed by atoms with Gasteiger partial charge in [-0.3, -0.25) is 9.59 Å². The minimum Gasteiger partial charge on any atom is -0.493 e. The van der Waals surface area contributed by atoms with Crippen LogP contribution in [0.15, 0.2) is 34.2 Å². The number of H-pyrrole nitrogens is 1. The maximum absolute atomic E-state index is 12.8. The molecule has 1 amide bonds. The van der Waals surface area contributed by atoms with Crippen LogP contribution in [0.4, 0.5) is 5.82 Å². The third-order valence-electron chi connectivity index (χ3n) is 4.27. The van der Waals surface area contributed by atoms with Crippen molar-refractivity contribution in [3.8, 4) is 18.1 Å². The lowest BCUT2D eigenvalue weighted by molar-refractivity contribution is -0.116. The molecule has 2 heterocycles. The standard InChI is InChI=1S/C20H21N3O3S/c1-3-5-10-26-15-9-7-6-8-13(15)14-12-16(24)21-18-17(14)19(25)23-20(22-18)27-11-4-2/h2,6-9,14H,3,5,10-12H2,1H3,(H2,21,22,23,24,25). The number of hydrogen-bond donors (Lipinski definition) is 2. The van der Waals surface area contributed by atoms with Gasteiger partial charge in [0.1, 0.15) is 11.6 Å². The molecule has 0 saturated carbocycles. The Balaban J connectivity index is 2.01. The van der Waals surface area contributed by atoms with Crippen LogP contribution in [-0.2, 0) is 4.79 Å². The van der Waals surface area contributed by atoms with Gasteiger partial charge < -0.3 is 15.0 Å². The zero-order valence-corrected chi connectivity index (χ0v) is 15.9. The van der Waals surface area contributed by atoms with Crippen molar-refractivity contribution < 1.29 is 9.53 Å². The van der Waals surface area contributed by atoms with E-state index < -0.39 is 5.92 Å². The number of nitrogens with one attached hydrogen (secondary N) is 2. The smallest absolute Gasteiger partial charge is 0.257 e. The van der Waals surface area contributed by atoms with Crippen molar-refractivity contribution in [1.82, 2.24) is 9.97 Å². The van der Waals surface area contributed by atoms with Crippen molar-refractivity contribution >= 4 is 23.5 Å². The summed E-state index contributed by atoms with van der Waals surface area (Å²) in [7, 11) is 0. The van der Waals surface area contributed by atoms with Crippen molar-refractivity contribution in [2.75, 3.05) is 17.7 Å². The zero-order chi connectivity index (χ0) is 19.2. The first kappa shape index (κ1) is 19.1. The highest BCUT2D eigenvalue weighted by atomic mass is 32.2. The molecule has 0 aliphatic carbocycles. The van der Waals surface area contributed by atoms with Gasteiger partial charge in [0.2, 0.25) is 5.91 Å². The molecule has 0 spiro atoms. The molecular formula is C20H21N3O3S. The van der Waals surface area contributed by atoms with E-state index >= 15 is 0 Å². The normalized spacial score (nSPS) is 15.6. The van der Waals surface area contributed by atoms with Crippen LogP contribution in [0.5, 0.6) is 5.75 Å². The second kappa shape index (κ2) is 8.78. The van der Waals surface area contributed by atoms with Crippen LogP contribution in [-0.4, -0.2) is 28.2 Å². The lowest BCUT2D eigenvalue weighted by atomic mass is 9.86. The fourth-order valence-electron chi connectivity index (χ4n) is 3.02. The number of thioether (sulfide) groups is 1. The van der Waals surface area contributed by atoms with Gasteiger partial charge in [0.25, 0.3) is 5.56 Å². The number of rotatable bonds is 7. The molecule has 27 heavy (non-hydrogen) atoms. The van der Waals surface area contributed by atoms with E-state index in [4.69, 9.17) is 11.2 Å². The first-order valence-electron chi connectivity index (χ1n) is 8.86. The van der Waals surface area contributed by atoms with Crippen LogP contribution < -0.4 is 15.6 Å². The molecule has 1 atom stereocenters. The molecule has 0 radical (unpaired) electrons. The number of unbranched alkanes of at least 4 members (excludes halogenated alkanes) is 1. The van der Waals surface area contributed by atoms with Gasteiger partial charge in [0, 0.05) is 17.9 Å². The number of carbonyl (C=O) groups is 1. The van der Waals surface area contributed by atoms with Crippen molar-refractivity contribution in [2.45, 2.75) is 37.3 Å². The predicted molar refractivity (Wildman–Crippen MR) is 106 cm³/mol. The molecule has 1 aliphatic rings. The first-order chi connectivity index (χ1) is 13.1. The summed E-state index contributed by atoms with van der Waals surface area (Å²) in [5.74, 6) is 3.27. The van der Waals surface area contributed by atoms with E-state index in [1.54, 1.807) is 0 Å². The first-order valence-corrected chi connectivity index (χ1v) is 9.84. The number of nitrogens with zero attached hydrogens (tertiary/aromatic N) is 1. The Morgan fingerprint density at radius 1 is 1.37 bits per heavy atom. The number of benzene rings is 1. The molecule has 1 aromatic heterocycles. The third-order valence-corrected chi connectivity index (χ3v) is 5.05. The van der Waals surface area contributed by atoms with Gasteiger partial charge in [-0.1, -0.05) is 49.2 Å². The molecule has 2 N–H and O–H groups in total. The lowest BCUT2D eigenvalue weighted by Gasteiger charge is -2.26. The SMILES string of the molecule is C#CCSc1nc2c(c(=O)[nH]1)C(c1ccccc1OCCCC)CC(=O)N2. The highest BCUT2D eigenvalue weighted by molar-refractivity contribution is 7.99. The number of para-hydroxylation sites is 1. The Kier molecular flexibility index (Phi) is 6.20. The molecule has 7 heteroatoms. The summed E-state index contributed by atoms with van der Waals surface area (Å²) >= 11 is 1.24. The Hall–Kier alpha value is -2.72. The largest absolute Gasteiger partial charge is 0.493 e. The van der Waals surface area contributed by atoms with Crippen LogP contribution in [0, 0.1) is 12.3 Å². The molecule has 0 bridgehead atoms. The van der Waals surface area contributed by atoms with E-state index in [2.05, 4.69) is 28.1 Å². The van der Waals surface area contributed by atoms with E-state index in [1.165, 1.54) is 11.8 Å². The van der Waals surface area contributed by atoms with Crippen molar-refractivity contribution in [2.24, 2.45) is 0 Å². The second-order valence-corrected chi connectivity index (χ2v) is 7.13. The number of amides is 1. The van der Waals surface area contributed by atoms with Crippen LogP contribution in [0.1, 0.15) is 43.2 Å². The van der Waals surface area contributed by atoms with Gasteiger partial charge >= 0.3 is 0 Å². The number of ether oxygens (including phenoxy) is 1. The number of aromatic amines is 1. The summed E-state index contributed by atoms with van der Waals surface area (Å²) < 4.78 is 5.91. The Morgan fingerprint density at radius 3 is 2.96 bits per heavy atom. The number of aromatic nitrogens is 2. The fraction of sp³-hybridized carbons (Fsp3) is 0.350. The minimum atomic E-state index is -0.408. The summed E-state index contributed by atoms with van der Waals surface area (Å²) in [5.41, 5.74) is 1.00. The molecule has 140 valence electrons. The number of fused-ring (bicyclic) bond motifs is 1. The van der Waals surface area contributed by atoms with Gasteiger partial charge in [-0.05, 0) is 12.5 Å². The van der Waals surface area contributed by atoms with Crippen molar-refractivity contribution in [1.29, 1.82) is 0 Å². The molecule has 0 saturated heterocycles. The van der Waals surface area contributed by atoms with Crippen LogP contribution >= 0.6 is 11.8 Å². The summed E-state index contributed by atoms with van der Waals surface area (Å²) in [6.45, 7) is 2.69. The maximum atomic E-state index is 12.8. The Bertz CT molecular complexity index is 933. The summed E-state index contributed by atoms with van der Waals surface area (Å²) in [6, 6.07) is 7.54. The summed E-state index contributed by atoms with van der Waals surface area (Å²) in [5, 5.41) is 3.11. The zero-order valence-electron chi connectivity index (χ0n) is 15.1. The number of carbonyl (C=O) groups excluding carboxylic acids is 1. The molecule has 1 aliphatic heterocycles. The number of anilines is 1. The summed E-state index contributed by atoms with van der Waals surface area (Å²) in [4.78, 5) is 32.2. The predicted octanol–water partition coefficient (Wildman–Crippen LogP) is 3.15. The maximum Gasteiger partial charge on any atom is 0.257 e. The van der Waals surface area contributed by atoms with E-state index in [0.29, 0.717) is 34.6 Å². The van der Waals surface area contributed by atoms with E-state index in [9.17, 15) is 9.59 Å². The van der Waals surface area contributed by atoms with Gasteiger partial charge in [-0.2, -0.15) is 0 Å². The van der Waals surface area contributed by atoms with Crippen molar-refractivity contribution in [3.63, 3.8) is 0 Å². The molecule has 3 rings (SSSR count). The Morgan fingerprint density at radius 2 is 2.19 bits per heavy atom. The third kappa shape index (κ3) is 4.34. The highest BCUT2D eigenvalue weighted by Crippen LogP contribution is 2.38. The average molecular weight is 383 g/mol. The Labute approximate surface area is 162 Å². The molecule has 1 aromatic carbocycles. The molecule has 6 nitrogen and oxygen atoms in total. The lowest BCUT2D eigenvalue weighted by Crippen LogP contribution is -2.31. The number of hydrogen-bond acceptors (Lipinski definition) is 5. The number of terminal acetylenes is 1. The topological polar surface area (TPSA) is 84.1 Å². The highest BCUT2D eigenvalue weighted by Gasteiger charge is 2.32. The van der Waals surface area contributed by atoms with Gasteiger partial charge in [0.15, 0.2) is 5.16 Å². The van der Waals surface area contributed by atoms with Crippen LogP contribution in [0.3, 0.4) is 0 Å². The van der Waals surface area contributed by atoms with E-state index in [0.717, 1.165) is 18.4 Å². The van der Waals surface area contributed by atoms with Crippen LogP contribution in [0.2, 0.25) is 0 Å². The average Bonchev–Trinajstić information content (AvgIpc) is 2.66. The van der Waals surface area contributed by atoms with Crippen LogP contribution in [0.25, 0.3) is 0 Å². The van der Waals surface area contributed by atoms with E-state index in [-0.39, 0.29) is 17.9 Å². The molecule has 0 fully saturated rings. The molecular weight excluding hydrogens is 362 g/mol. The van der Waals surface area contributed by atoms with Gasteiger partial charge in [0.05, 0.1) is 17.9 Å². The molecule has 2 aromatic rings. The van der Waals surface area contributed by atoms with E-state index in [1.807, 2.05) is 24.3 Å². The van der Waals surface area contributed by atoms with Gasteiger partial charge in [-0.25, -0.2) is 4.98 Å². The van der Waals surface area contributed by atoms with Gasteiger partial charge in [-0.15, -0.1) is 6.42 Å². The summed E-state index contributed by atoms with van der Waals surface area (Å²) in [6.07, 6.45) is 7.40. The minimum absolute atomic E-state index is 0.169. The fourth-order valence-corrected chi connectivity index (χ4v) is 3.56. The van der Waals surface area contributed by atoms with Crippen molar-refractivity contribution in [3.05, 3.63) is 45.7 Å². The molecule has 1 unspecified atom stereocenters.